The number of nitrogens with two attached hydrogens (primary N) is 1. The van der Waals surface area contributed by atoms with Gasteiger partial charge in [-0.3, -0.25) is 4.98 Å². The van der Waals surface area contributed by atoms with Gasteiger partial charge in [-0.2, -0.15) is 0 Å². The Kier molecular flexibility index (Phi) is 5.80. The second-order valence-corrected chi connectivity index (χ2v) is 9.99. The first-order valence-electron chi connectivity index (χ1n) is 10.9. The molecule has 2 aromatic heterocycles. The van der Waals surface area contributed by atoms with E-state index in [0.717, 1.165) is 47.4 Å². The highest BCUT2D eigenvalue weighted by molar-refractivity contribution is 7.89. The molecule has 0 unspecified atom stereocenters. The summed E-state index contributed by atoms with van der Waals surface area (Å²) in [5.41, 5.74) is 11.0. The van der Waals surface area contributed by atoms with Crippen LogP contribution >= 0.6 is 0 Å². The molecule has 4 aromatic rings. The molecule has 7 nitrogen and oxygen atoms in total. The second-order valence-electron chi connectivity index (χ2n) is 8.23. The summed E-state index contributed by atoms with van der Waals surface area (Å²) in [5, 5.41) is 0. The third-order valence-electron chi connectivity index (χ3n) is 5.88. The van der Waals surface area contributed by atoms with Gasteiger partial charge in [0.15, 0.2) is 0 Å². The summed E-state index contributed by atoms with van der Waals surface area (Å²) in [5.74, 6) is 0. The van der Waals surface area contributed by atoms with Crippen molar-refractivity contribution < 1.29 is 8.42 Å². The molecule has 3 N–H and O–H groups in total. The van der Waals surface area contributed by atoms with Crippen LogP contribution in [0.4, 0.5) is 5.69 Å². The van der Waals surface area contributed by atoms with Crippen molar-refractivity contribution in [2.45, 2.75) is 23.9 Å². The predicted molar refractivity (Wildman–Crippen MR) is 130 cm³/mol. The van der Waals surface area contributed by atoms with Crippen LogP contribution in [0, 0.1) is 0 Å². The van der Waals surface area contributed by atoms with Gasteiger partial charge < -0.3 is 10.6 Å². The highest BCUT2D eigenvalue weighted by Crippen LogP contribution is 2.29. The van der Waals surface area contributed by atoms with Gasteiger partial charge in [-0.25, -0.2) is 18.1 Å². The highest BCUT2D eigenvalue weighted by atomic mass is 32.2. The molecule has 5 rings (SSSR count). The van der Waals surface area contributed by atoms with Crippen LogP contribution in [0.5, 0.6) is 0 Å². The van der Waals surface area contributed by atoms with Gasteiger partial charge >= 0.3 is 0 Å². The lowest BCUT2D eigenvalue weighted by atomic mass is 10.1. The number of sulfonamides is 1. The van der Waals surface area contributed by atoms with Gasteiger partial charge in [-0.15, -0.1) is 0 Å². The van der Waals surface area contributed by atoms with Crippen LogP contribution in [0.15, 0.2) is 83.9 Å². The Labute approximate surface area is 193 Å². The van der Waals surface area contributed by atoms with Gasteiger partial charge in [0.05, 0.1) is 21.8 Å². The fourth-order valence-electron chi connectivity index (χ4n) is 4.11. The minimum Gasteiger partial charge on any atom is -0.368 e. The van der Waals surface area contributed by atoms with E-state index in [-0.39, 0.29) is 17.5 Å². The Morgan fingerprint density at radius 2 is 1.88 bits per heavy atom. The number of rotatable bonds is 6. The zero-order valence-electron chi connectivity index (χ0n) is 18.1. The van der Waals surface area contributed by atoms with E-state index in [1.807, 2.05) is 54.6 Å². The Bertz CT molecular complexity index is 1390. The summed E-state index contributed by atoms with van der Waals surface area (Å²) >= 11 is 0. The first-order chi connectivity index (χ1) is 16.0. The van der Waals surface area contributed by atoms with Gasteiger partial charge in [-0.05, 0) is 42.3 Å². The normalized spacial score (nSPS) is 16.4. The number of pyridine rings is 2. The standard InChI is InChI=1S/C25H25N5O2S/c26-20-12-14-30(17-20)24-11-13-27-23-10-9-22(29-25(23)24)19-7-4-8-21(15-19)33(31,32)28-16-18-5-2-1-3-6-18/h1-11,13,15,20,28H,12,14,16-17,26H2/t20-/m0/s1. The van der Waals surface area contributed by atoms with Crippen molar-refractivity contribution in [1.29, 1.82) is 0 Å². The molecular formula is C25H25N5O2S. The minimum absolute atomic E-state index is 0.154. The van der Waals surface area contributed by atoms with E-state index in [2.05, 4.69) is 14.6 Å². The minimum atomic E-state index is -3.67. The number of aromatic nitrogens is 2. The molecule has 1 aliphatic rings. The number of hydrogen-bond acceptors (Lipinski definition) is 6. The highest BCUT2D eigenvalue weighted by Gasteiger charge is 2.22. The van der Waals surface area contributed by atoms with E-state index in [1.54, 1.807) is 24.4 Å². The van der Waals surface area contributed by atoms with Crippen LogP contribution < -0.4 is 15.4 Å². The molecule has 0 bridgehead atoms. The van der Waals surface area contributed by atoms with Crippen molar-refractivity contribution in [2.24, 2.45) is 5.73 Å². The quantitative estimate of drug-likeness (QED) is 0.459. The molecule has 0 aliphatic carbocycles. The molecule has 1 fully saturated rings. The molecule has 8 heteroatoms. The van der Waals surface area contributed by atoms with Crippen molar-refractivity contribution in [3.05, 3.63) is 84.6 Å². The van der Waals surface area contributed by atoms with Gasteiger partial charge in [-0.1, -0.05) is 42.5 Å². The summed E-state index contributed by atoms with van der Waals surface area (Å²) < 4.78 is 28.5. The maximum Gasteiger partial charge on any atom is 0.240 e. The number of benzene rings is 2. The average Bonchev–Trinajstić information content (AvgIpc) is 3.29. The lowest BCUT2D eigenvalue weighted by molar-refractivity contribution is 0.581. The van der Waals surface area contributed by atoms with Crippen molar-refractivity contribution >= 4 is 26.7 Å². The zero-order chi connectivity index (χ0) is 22.8. The Morgan fingerprint density at radius 1 is 1.03 bits per heavy atom. The molecular weight excluding hydrogens is 434 g/mol. The monoisotopic (exact) mass is 459 g/mol. The van der Waals surface area contributed by atoms with Crippen LogP contribution in [0.3, 0.4) is 0 Å². The van der Waals surface area contributed by atoms with Crippen LogP contribution in [-0.4, -0.2) is 37.5 Å². The smallest absolute Gasteiger partial charge is 0.240 e. The Hall–Kier alpha value is -3.33. The molecule has 2 aromatic carbocycles. The largest absolute Gasteiger partial charge is 0.368 e. The van der Waals surface area contributed by atoms with Crippen LogP contribution in [-0.2, 0) is 16.6 Å². The van der Waals surface area contributed by atoms with Crippen molar-refractivity contribution in [2.75, 3.05) is 18.0 Å². The fourth-order valence-corrected chi connectivity index (χ4v) is 5.18. The van der Waals surface area contributed by atoms with E-state index < -0.39 is 10.0 Å². The first-order valence-corrected chi connectivity index (χ1v) is 12.4. The van der Waals surface area contributed by atoms with E-state index >= 15 is 0 Å². The van der Waals surface area contributed by atoms with E-state index in [0.29, 0.717) is 5.69 Å². The molecule has 168 valence electrons. The number of hydrogen-bond donors (Lipinski definition) is 2. The summed E-state index contributed by atoms with van der Waals surface area (Å²) in [6.07, 6.45) is 2.73. The summed E-state index contributed by atoms with van der Waals surface area (Å²) in [6, 6.07) is 22.2. The Balaban J connectivity index is 1.46. The topological polar surface area (TPSA) is 101 Å². The molecule has 1 atom stereocenters. The van der Waals surface area contributed by atoms with Gasteiger partial charge in [0, 0.05) is 37.4 Å². The SMILES string of the molecule is N[C@H]1CCN(c2ccnc3ccc(-c4cccc(S(=O)(=O)NCc5ccccc5)c4)nc23)C1. The lowest BCUT2D eigenvalue weighted by Gasteiger charge is -2.19. The van der Waals surface area contributed by atoms with E-state index in [4.69, 9.17) is 10.7 Å². The molecule has 3 heterocycles. The van der Waals surface area contributed by atoms with E-state index in [9.17, 15) is 8.42 Å². The Morgan fingerprint density at radius 3 is 2.67 bits per heavy atom. The van der Waals surface area contributed by atoms with Crippen LogP contribution in [0.2, 0.25) is 0 Å². The number of nitrogens with one attached hydrogen (secondary N) is 1. The van der Waals surface area contributed by atoms with E-state index in [1.165, 1.54) is 0 Å². The molecule has 0 amide bonds. The summed E-state index contributed by atoms with van der Waals surface area (Å²) in [6.45, 7) is 1.90. The lowest BCUT2D eigenvalue weighted by Crippen LogP contribution is -2.26. The number of fused-ring (bicyclic) bond motifs is 1. The fraction of sp³-hybridized carbons (Fsp3) is 0.200. The second kappa shape index (κ2) is 8.90. The van der Waals surface area contributed by atoms with Gasteiger partial charge in [0.25, 0.3) is 0 Å². The average molecular weight is 460 g/mol. The maximum absolute atomic E-state index is 12.9. The third kappa shape index (κ3) is 4.59. The molecule has 0 radical (unpaired) electrons. The number of nitrogens with zero attached hydrogens (tertiary/aromatic N) is 3. The molecule has 0 saturated carbocycles. The maximum atomic E-state index is 12.9. The van der Waals surface area contributed by atoms with Gasteiger partial charge in [0.1, 0.15) is 5.52 Å². The van der Waals surface area contributed by atoms with Crippen LogP contribution in [0.1, 0.15) is 12.0 Å². The molecule has 0 spiro atoms. The number of anilines is 1. The van der Waals surface area contributed by atoms with Crippen molar-refractivity contribution in [1.82, 2.24) is 14.7 Å². The third-order valence-corrected chi connectivity index (χ3v) is 7.28. The van der Waals surface area contributed by atoms with Crippen LogP contribution in [0.25, 0.3) is 22.3 Å². The van der Waals surface area contributed by atoms with Crippen molar-refractivity contribution in [3.63, 3.8) is 0 Å². The zero-order valence-corrected chi connectivity index (χ0v) is 18.9. The predicted octanol–water partition coefficient (Wildman–Crippen LogP) is 3.31. The summed E-state index contributed by atoms with van der Waals surface area (Å²) in [7, 11) is -3.67. The molecule has 1 aliphatic heterocycles. The van der Waals surface area contributed by atoms with Crippen molar-refractivity contribution in [3.8, 4) is 11.3 Å². The van der Waals surface area contributed by atoms with Gasteiger partial charge in [0.2, 0.25) is 10.0 Å². The summed E-state index contributed by atoms with van der Waals surface area (Å²) in [4.78, 5) is 11.8. The molecule has 33 heavy (non-hydrogen) atoms. The first kappa shape index (κ1) is 21.5. The molecule has 1 saturated heterocycles.